The number of aryl methyl sites for hydroxylation is 1. The van der Waals surface area contributed by atoms with E-state index in [9.17, 15) is 14.9 Å². The number of rotatable bonds is 8. The third kappa shape index (κ3) is 4.61. The van der Waals surface area contributed by atoms with Crippen LogP contribution in [0.4, 0.5) is 11.5 Å². The van der Waals surface area contributed by atoms with Gasteiger partial charge in [-0.3, -0.25) is 14.9 Å². The van der Waals surface area contributed by atoms with Crippen LogP contribution < -0.4 is 10.2 Å². The summed E-state index contributed by atoms with van der Waals surface area (Å²) in [6.07, 6.45) is 7.03. The Morgan fingerprint density at radius 1 is 1.28 bits per heavy atom. The minimum absolute atomic E-state index is 0.106. The molecule has 2 N–H and O–H groups in total. The fourth-order valence-corrected chi connectivity index (χ4v) is 4.20. The maximum absolute atomic E-state index is 11.5. The molecule has 10 heteroatoms. The number of hydrogen-bond acceptors (Lipinski definition) is 8. The summed E-state index contributed by atoms with van der Waals surface area (Å²) < 4.78 is 2.00. The van der Waals surface area contributed by atoms with Gasteiger partial charge in [0.2, 0.25) is 5.78 Å². The molecule has 0 saturated carbocycles. The zero-order chi connectivity index (χ0) is 22.7. The molecule has 10 nitrogen and oxygen atoms in total. The molecule has 2 aromatic heterocycles. The van der Waals surface area contributed by atoms with E-state index in [0.29, 0.717) is 12.5 Å². The van der Waals surface area contributed by atoms with E-state index in [1.165, 1.54) is 12.3 Å². The maximum atomic E-state index is 11.5. The van der Waals surface area contributed by atoms with Crippen LogP contribution in [0, 0.1) is 16.0 Å². The molecule has 1 aromatic carbocycles. The summed E-state index contributed by atoms with van der Waals surface area (Å²) >= 11 is 0. The van der Waals surface area contributed by atoms with Crippen LogP contribution in [0.2, 0.25) is 0 Å². The van der Waals surface area contributed by atoms with Gasteiger partial charge in [-0.15, -0.1) is 0 Å². The van der Waals surface area contributed by atoms with Crippen LogP contribution in [0.25, 0.3) is 10.9 Å². The third-order valence-electron chi connectivity index (χ3n) is 6.02. The predicted molar refractivity (Wildman–Crippen MR) is 120 cm³/mol. The van der Waals surface area contributed by atoms with Crippen molar-refractivity contribution in [2.75, 3.05) is 31.1 Å². The molecule has 0 atom stereocenters. The van der Waals surface area contributed by atoms with Gasteiger partial charge in [0.05, 0.1) is 17.3 Å². The second kappa shape index (κ2) is 9.41. The first-order valence-electron chi connectivity index (χ1n) is 10.6. The number of nitrogens with one attached hydrogen (secondary N) is 1. The van der Waals surface area contributed by atoms with Gasteiger partial charge in [-0.05, 0) is 36.9 Å². The van der Waals surface area contributed by atoms with E-state index in [1.54, 1.807) is 18.3 Å². The Bertz CT molecular complexity index is 1120. The second-order valence-electron chi connectivity index (χ2n) is 8.13. The largest absolute Gasteiger partial charge is 0.388 e. The first kappa shape index (κ1) is 21.8. The summed E-state index contributed by atoms with van der Waals surface area (Å²) in [5, 5.41) is 24.4. The van der Waals surface area contributed by atoms with Gasteiger partial charge < -0.3 is 19.9 Å². The fourth-order valence-electron chi connectivity index (χ4n) is 4.20. The van der Waals surface area contributed by atoms with Crippen LogP contribution in [0.1, 0.15) is 28.9 Å². The third-order valence-corrected chi connectivity index (χ3v) is 6.02. The zero-order valence-electron chi connectivity index (χ0n) is 17.9. The molecule has 1 aliphatic rings. The number of hydrogen-bond donors (Lipinski definition) is 2. The van der Waals surface area contributed by atoms with Gasteiger partial charge in [-0.1, -0.05) is 0 Å². The molecule has 0 bridgehead atoms. The Balaban J connectivity index is 1.30. The Labute approximate surface area is 185 Å². The minimum atomic E-state index is -0.567. The van der Waals surface area contributed by atoms with Crippen molar-refractivity contribution in [2.24, 2.45) is 13.0 Å². The number of carbonyl (C=O) groups excluding carboxylic acids is 1. The summed E-state index contributed by atoms with van der Waals surface area (Å²) in [6, 6.07) is 4.98. The molecule has 0 unspecified atom stereocenters. The molecule has 1 aliphatic heterocycles. The Morgan fingerprint density at radius 3 is 2.72 bits per heavy atom. The number of benzene rings is 1. The van der Waals surface area contributed by atoms with Crippen molar-refractivity contribution in [3.05, 3.63) is 58.2 Å². The molecule has 0 aliphatic carbocycles. The smallest absolute Gasteiger partial charge is 0.270 e. The molecule has 168 valence electrons. The number of ketones is 1. The van der Waals surface area contributed by atoms with Gasteiger partial charge in [0.1, 0.15) is 18.1 Å². The van der Waals surface area contributed by atoms with E-state index in [2.05, 4.69) is 20.2 Å². The van der Waals surface area contributed by atoms with Crippen LogP contribution in [0.3, 0.4) is 0 Å². The van der Waals surface area contributed by atoms with Gasteiger partial charge in [-0.25, -0.2) is 9.97 Å². The Kier molecular flexibility index (Phi) is 6.42. The molecule has 1 fully saturated rings. The number of carbonyl (C=O) groups is 1. The highest BCUT2D eigenvalue weighted by Crippen LogP contribution is 2.26. The molecule has 3 heterocycles. The van der Waals surface area contributed by atoms with Gasteiger partial charge in [0, 0.05) is 55.9 Å². The van der Waals surface area contributed by atoms with Crippen LogP contribution in [-0.4, -0.2) is 56.6 Å². The highest BCUT2D eigenvalue weighted by atomic mass is 16.6. The van der Waals surface area contributed by atoms with E-state index in [-0.39, 0.29) is 16.3 Å². The molecule has 0 amide bonds. The van der Waals surface area contributed by atoms with Crippen molar-refractivity contribution in [3.63, 3.8) is 0 Å². The summed E-state index contributed by atoms with van der Waals surface area (Å²) in [5.41, 5.74) is 2.31. The highest BCUT2D eigenvalue weighted by molar-refractivity contribution is 5.94. The van der Waals surface area contributed by atoms with Crippen LogP contribution in [0.15, 0.2) is 36.8 Å². The van der Waals surface area contributed by atoms with Crippen LogP contribution in [-0.2, 0) is 13.6 Å². The van der Waals surface area contributed by atoms with Crippen molar-refractivity contribution in [2.45, 2.75) is 19.4 Å². The van der Waals surface area contributed by atoms with E-state index in [0.717, 1.165) is 54.8 Å². The number of nitrogens with zero attached hydrogens (tertiary/aromatic N) is 5. The summed E-state index contributed by atoms with van der Waals surface area (Å²) in [6.45, 7) is 2.67. The number of nitro groups is 1. The van der Waals surface area contributed by atoms with Crippen LogP contribution in [0.5, 0.6) is 0 Å². The normalized spacial score (nSPS) is 14.8. The first-order valence-corrected chi connectivity index (χ1v) is 10.6. The number of Topliss-reactive ketones (excluding diaryl/α,β-unsaturated/α-hetero) is 1. The average molecular weight is 438 g/mol. The van der Waals surface area contributed by atoms with Gasteiger partial charge in [-0.2, -0.15) is 0 Å². The second-order valence-corrected chi connectivity index (χ2v) is 8.13. The summed E-state index contributed by atoms with van der Waals surface area (Å²) in [7, 11) is 1.95. The number of nitro benzene ring substituents is 1. The zero-order valence-corrected chi connectivity index (χ0v) is 17.9. The monoisotopic (exact) mass is 438 g/mol. The molecular formula is C22H26N6O4. The van der Waals surface area contributed by atoms with Crippen molar-refractivity contribution >= 4 is 28.2 Å². The topological polar surface area (TPSA) is 126 Å². The lowest BCUT2D eigenvalue weighted by atomic mass is 9.96. The Morgan fingerprint density at radius 2 is 2.06 bits per heavy atom. The highest BCUT2D eigenvalue weighted by Gasteiger charge is 2.21. The van der Waals surface area contributed by atoms with Crippen molar-refractivity contribution in [1.29, 1.82) is 0 Å². The van der Waals surface area contributed by atoms with Crippen molar-refractivity contribution < 1.29 is 14.8 Å². The van der Waals surface area contributed by atoms with E-state index in [4.69, 9.17) is 5.11 Å². The fraction of sp³-hybridized carbons (Fsp3) is 0.409. The van der Waals surface area contributed by atoms with Gasteiger partial charge in [0.25, 0.3) is 5.69 Å². The van der Waals surface area contributed by atoms with Gasteiger partial charge in [0.15, 0.2) is 0 Å². The molecule has 3 aromatic rings. The molecular weight excluding hydrogens is 412 g/mol. The summed E-state index contributed by atoms with van der Waals surface area (Å²) in [5.74, 6) is 0.830. The Hall–Kier alpha value is -3.37. The molecule has 4 rings (SSSR count). The molecule has 1 saturated heterocycles. The molecule has 0 spiro atoms. The predicted octanol–water partition coefficient (Wildman–Crippen LogP) is 2.06. The van der Waals surface area contributed by atoms with E-state index in [1.807, 2.05) is 17.8 Å². The molecule has 0 radical (unpaired) electrons. The number of piperidine rings is 1. The average Bonchev–Trinajstić information content (AvgIpc) is 3.14. The standard InChI is InChI=1S/C22H26N6O4/c1-26-13-16(18-8-17(28(31)32)2-3-20(18)26)10-23-9-15-4-6-27(7-5-15)22-12-24-19(11-25-22)21(30)14-29/h2-3,8,11-13,15,23,29H,4-7,9-10,14H2,1H3. The maximum Gasteiger partial charge on any atom is 0.270 e. The quantitative estimate of drug-likeness (QED) is 0.311. The number of aromatic nitrogens is 3. The summed E-state index contributed by atoms with van der Waals surface area (Å²) in [4.78, 5) is 32.8. The lowest BCUT2D eigenvalue weighted by molar-refractivity contribution is -0.384. The van der Waals surface area contributed by atoms with Crippen molar-refractivity contribution in [1.82, 2.24) is 19.9 Å². The van der Waals surface area contributed by atoms with Gasteiger partial charge >= 0.3 is 0 Å². The van der Waals surface area contributed by atoms with Crippen LogP contribution >= 0.6 is 0 Å². The lowest BCUT2D eigenvalue weighted by Gasteiger charge is -2.32. The minimum Gasteiger partial charge on any atom is -0.388 e. The van der Waals surface area contributed by atoms with E-state index >= 15 is 0 Å². The number of anilines is 1. The van der Waals surface area contributed by atoms with E-state index < -0.39 is 12.4 Å². The van der Waals surface area contributed by atoms with Crippen molar-refractivity contribution in [3.8, 4) is 0 Å². The molecule has 32 heavy (non-hydrogen) atoms. The number of aliphatic hydroxyl groups excluding tert-OH is 1. The number of non-ortho nitro benzene ring substituents is 1. The SMILES string of the molecule is Cn1cc(CNCC2CCN(c3cnc(C(=O)CO)cn3)CC2)c2cc([N+](=O)[O-])ccc21. The number of fused-ring (bicyclic) bond motifs is 1. The number of aliphatic hydroxyl groups is 1. The lowest BCUT2D eigenvalue weighted by Crippen LogP contribution is -2.37. The first-order chi connectivity index (χ1) is 15.5.